The maximum atomic E-state index is 10.1. The molecule has 0 aromatic rings. The number of hydrogen-bond acceptors (Lipinski definition) is 1. The second-order valence-corrected chi connectivity index (χ2v) is 11.2. The van der Waals surface area contributed by atoms with Gasteiger partial charge in [0.2, 0.25) is 0 Å². The largest absolute Gasteiger partial charge is 0.393 e. The molecule has 1 heteroatoms. The predicted octanol–water partition coefficient (Wildman–Crippen LogP) is 7.70. The van der Waals surface area contributed by atoms with Gasteiger partial charge in [-0.2, -0.15) is 0 Å². The molecule has 0 heterocycles. The van der Waals surface area contributed by atoms with Gasteiger partial charge in [-0.1, -0.05) is 77.2 Å². The number of allylic oxidation sites excluding steroid dienone is 3. The molecular formula is C27H46O. The van der Waals surface area contributed by atoms with Gasteiger partial charge >= 0.3 is 0 Å². The molecule has 0 saturated heterocycles. The third-order valence-electron chi connectivity index (χ3n) is 8.71. The molecule has 0 aromatic heterocycles. The molecular weight excluding hydrogens is 340 g/mol. The predicted molar refractivity (Wildman–Crippen MR) is 121 cm³/mol. The van der Waals surface area contributed by atoms with Crippen LogP contribution in [0.2, 0.25) is 0 Å². The molecule has 3 rings (SSSR count). The Balaban J connectivity index is 1.69. The van der Waals surface area contributed by atoms with Gasteiger partial charge in [-0.15, -0.1) is 0 Å². The van der Waals surface area contributed by atoms with E-state index in [0.717, 1.165) is 42.9 Å². The molecule has 1 nitrogen and oxygen atoms in total. The van der Waals surface area contributed by atoms with Crippen molar-refractivity contribution in [2.75, 3.05) is 0 Å². The highest BCUT2D eigenvalue weighted by molar-refractivity contribution is 5.26. The zero-order valence-corrected chi connectivity index (χ0v) is 19.3. The number of hydrogen-bond donors (Lipinski definition) is 1. The molecule has 0 aromatic carbocycles. The van der Waals surface area contributed by atoms with E-state index in [9.17, 15) is 5.11 Å². The van der Waals surface area contributed by atoms with Crippen molar-refractivity contribution < 1.29 is 5.11 Å². The molecule has 0 aliphatic heterocycles. The minimum Gasteiger partial charge on any atom is -0.393 e. The van der Waals surface area contributed by atoms with Crippen molar-refractivity contribution in [1.82, 2.24) is 0 Å². The van der Waals surface area contributed by atoms with E-state index in [0.29, 0.717) is 11.3 Å². The van der Waals surface area contributed by atoms with Gasteiger partial charge in [0.05, 0.1) is 6.10 Å². The summed E-state index contributed by atoms with van der Waals surface area (Å²) in [4.78, 5) is 0. The SMILES string of the molecule is CC(C)CCC[C@@H](C)[C@H]1CC[C@H]2/C(=C/C=C3/C[C@@H](O)CC[C@@H]3C)CCC[C@]12C. The summed E-state index contributed by atoms with van der Waals surface area (Å²) in [6.07, 6.45) is 19.0. The average molecular weight is 387 g/mol. The summed E-state index contributed by atoms with van der Waals surface area (Å²) in [6, 6.07) is 0. The Morgan fingerprint density at radius 2 is 1.79 bits per heavy atom. The number of rotatable bonds is 6. The molecule has 160 valence electrons. The molecule has 0 radical (unpaired) electrons. The van der Waals surface area contributed by atoms with Gasteiger partial charge in [-0.05, 0) is 86.4 Å². The Morgan fingerprint density at radius 1 is 1.04 bits per heavy atom. The summed E-state index contributed by atoms with van der Waals surface area (Å²) >= 11 is 0. The molecule has 1 N–H and O–H groups in total. The van der Waals surface area contributed by atoms with E-state index in [1.165, 1.54) is 56.9 Å². The first-order valence-corrected chi connectivity index (χ1v) is 12.4. The fourth-order valence-corrected chi connectivity index (χ4v) is 6.91. The van der Waals surface area contributed by atoms with E-state index >= 15 is 0 Å². The maximum absolute atomic E-state index is 10.1. The third-order valence-corrected chi connectivity index (χ3v) is 8.71. The van der Waals surface area contributed by atoms with Crippen LogP contribution in [0.1, 0.15) is 105 Å². The van der Waals surface area contributed by atoms with Crippen molar-refractivity contribution in [3.05, 3.63) is 23.3 Å². The van der Waals surface area contributed by atoms with Crippen molar-refractivity contribution in [3.8, 4) is 0 Å². The van der Waals surface area contributed by atoms with Crippen LogP contribution >= 0.6 is 0 Å². The Kier molecular flexibility index (Phi) is 7.51. The van der Waals surface area contributed by atoms with Crippen LogP contribution in [0.4, 0.5) is 0 Å². The van der Waals surface area contributed by atoms with Gasteiger partial charge in [0, 0.05) is 0 Å². The molecule has 3 fully saturated rings. The summed E-state index contributed by atoms with van der Waals surface area (Å²) in [5, 5.41) is 10.1. The van der Waals surface area contributed by atoms with Gasteiger partial charge in [0.15, 0.2) is 0 Å². The normalized spacial score (nSPS) is 40.2. The summed E-state index contributed by atoms with van der Waals surface area (Å²) in [5.41, 5.74) is 3.73. The Hall–Kier alpha value is -0.560. The fraction of sp³-hybridized carbons (Fsp3) is 0.852. The molecule has 3 aliphatic carbocycles. The second kappa shape index (κ2) is 9.50. The van der Waals surface area contributed by atoms with Gasteiger partial charge in [-0.3, -0.25) is 0 Å². The van der Waals surface area contributed by atoms with E-state index < -0.39 is 0 Å². The van der Waals surface area contributed by atoms with Crippen LogP contribution in [0, 0.1) is 35.0 Å². The van der Waals surface area contributed by atoms with Gasteiger partial charge in [0.25, 0.3) is 0 Å². The third kappa shape index (κ3) is 4.94. The monoisotopic (exact) mass is 386 g/mol. The molecule has 0 unspecified atom stereocenters. The van der Waals surface area contributed by atoms with Gasteiger partial charge in [0.1, 0.15) is 0 Å². The van der Waals surface area contributed by atoms with E-state index in [-0.39, 0.29) is 6.10 Å². The van der Waals surface area contributed by atoms with Crippen LogP contribution in [0.3, 0.4) is 0 Å². The van der Waals surface area contributed by atoms with E-state index in [1.807, 2.05) is 0 Å². The summed E-state index contributed by atoms with van der Waals surface area (Å²) < 4.78 is 0. The van der Waals surface area contributed by atoms with Crippen LogP contribution in [-0.4, -0.2) is 11.2 Å². The molecule has 3 saturated carbocycles. The lowest BCUT2D eigenvalue weighted by molar-refractivity contribution is 0.0928. The van der Waals surface area contributed by atoms with E-state index in [4.69, 9.17) is 0 Å². The smallest absolute Gasteiger partial charge is 0.0577 e. The van der Waals surface area contributed by atoms with Crippen LogP contribution < -0.4 is 0 Å². The Labute approximate surface area is 175 Å². The zero-order chi connectivity index (χ0) is 20.3. The van der Waals surface area contributed by atoms with Crippen molar-refractivity contribution >= 4 is 0 Å². The van der Waals surface area contributed by atoms with Gasteiger partial charge < -0.3 is 5.11 Å². The van der Waals surface area contributed by atoms with Crippen LogP contribution in [0.5, 0.6) is 0 Å². The van der Waals surface area contributed by atoms with Crippen molar-refractivity contribution in [3.63, 3.8) is 0 Å². The van der Waals surface area contributed by atoms with Crippen molar-refractivity contribution in [1.29, 1.82) is 0 Å². The minimum absolute atomic E-state index is 0.111. The zero-order valence-electron chi connectivity index (χ0n) is 19.3. The molecule has 0 amide bonds. The van der Waals surface area contributed by atoms with E-state index in [1.54, 1.807) is 5.57 Å². The van der Waals surface area contributed by atoms with Crippen LogP contribution in [0.25, 0.3) is 0 Å². The first kappa shape index (κ1) is 22.1. The lowest BCUT2D eigenvalue weighted by Gasteiger charge is -2.44. The Morgan fingerprint density at radius 3 is 2.54 bits per heavy atom. The lowest BCUT2D eigenvalue weighted by atomic mass is 9.60. The van der Waals surface area contributed by atoms with Crippen LogP contribution in [-0.2, 0) is 0 Å². The number of aliphatic hydroxyl groups excluding tert-OH is 1. The number of aliphatic hydroxyl groups is 1. The highest BCUT2D eigenvalue weighted by Gasteiger charge is 2.50. The summed E-state index contributed by atoms with van der Waals surface area (Å²) in [6.45, 7) is 12.2. The maximum Gasteiger partial charge on any atom is 0.0577 e. The highest BCUT2D eigenvalue weighted by atomic mass is 16.3. The molecule has 0 spiro atoms. The van der Waals surface area contributed by atoms with Crippen molar-refractivity contribution in [2.24, 2.45) is 35.0 Å². The van der Waals surface area contributed by atoms with Crippen LogP contribution in [0.15, 0.2) is 23.3 Å². The fourth-order valence-electron chi connectivity index (χ4n) is 6.91. The lowest BCUT2D eigenvalue weighted by Crippen LogP contribution is -2.36. The molecule has 28 heavy (non-hydrogen) atoms. The number of fused-ring (bicyclic) bond motifs is 1. The standard InChI is InChI=1S/C27H46O/c1-19(2)8-6-9-21(4)25-15-16-26-22(10-7-17-27(25,26)5)12-13-23-18-24(28)14-11-20(23)3/h12-13,19-21,24-26,28H,6-11,14-18H2,1-5H3/b22-12+,23-13-/t20-,21+,24-,25+,26-,27+/m0/s1. The highest BCUT2D eigenvalue weighted by Crippen LogP contribution is 2.59. The first-order valence-electron chi connectivity index (χ1n) is 12.4. The topological polar surface area (TPSA) is 20.2 Å². The van der Waals surface area contributed by atoms with Crippen molar-refractivity contribution in [2.45, 2.75) is 111 Å². The second-order valence-electron chi connectivity index (χ2n) is 11.2. The van der Waals surface area contributed by atoms with Gasteiger partial charge in [-0.25, -0.2) is 0 Å². The molecule has 0 bridgehead atoms. The average Bonchev–Trinajstić information content (AvgIpc) is 2.99. The van der Waals surface area contributed by atoms with E-state index in [2.05, 4.69) is 46.8 Å². The first-order chi connectivity index (χ1) is 13.3. The summed E-state index contributed by atoms with van der Waals surface area (Å²) in [5.74, 6) is 4.08. The quantitative estimate of drug-likeness (QED) is 0.496. The minimum atomic E-state index is -0.111. The molecule has 6 atom stereocenters. The summed E-state index contributed by atoms with van der Waals surface area (Å²) in [7, 11) is 0. The molecule has 3 aliphatic rings. The Bertz CT molecular complexity index is 571.